The van der Waals surface area contributed by atoms with Crippen LogP contribution < -0.4 is 10.1 Å². The van der Waals surface area contributed by atoms with Gasteiger partial charge in [-0.3, -0.25) is 4.79 Å². The molecule has 0 aliphatic carbocycles. The third kappa shape index (κ3) is 5.97. The van der Waals surface area contributed by atoms with E-state index in [2.05, 4.69) is 21.2 Å². The number of nitriles is 1. The highest BCUT2D eigenvalue weighted by atomic mass is 79.9. The first-order chi connectivity index (χ1) is 14.9. The van der Waals surface area contributed by atoms with Crippen molar-refractivity contribution in [3.8, 4) is 11.8 Å². The van der Waals surface area contributed by atoms with Gasteiger partial charge in [-0.25, -0.2) is 0 Å². The topological polar surface area (TPSA) is 62.1 Å². The number of hydrogen-bond acceptors (Lipinski definition) is 3. The first-order valence-corrected chi connectivity index (χ1v) is 10.7. The summed E-state index contributed by atoms with van der Waals surface area (Å²) in [5, 5.41) is 12.9. The van der Waals surface area contributed by atoms with E-state index in [4.69, 9.17) is 16.3 Å². The molecule has 3 rings (SSSR count). The quantitative estimate of drug-likeness (QED) is 0.301. The Balaban J connectivity index is 1.84. The average Bonchev–Trinajstić information content (AvgIpc) is 2.75. The van der Waals surface area contributed by atoms with Gasteiger partial charge in [0.2, 0.25) is 0 Å². The molecule has 31 heavy (non-hydrogen) atoms. The lowest BCUT2D eigenvalue weighted by molar-refractivity contribution is -0.112. The standard InChI is InChI=1S/C25H20BrClN2O2/c1-16-4-3-5-23(17(16)2)29-25(30)20(14-28)12-19-13-22(27)10-11-24(19)31-15-18-6-8-21(26)9-7-18/h3-13H,15H2,1-2H3,(H,29,30)/b20-12+. The number of carbonyl (C=O) groups excluding carboxylic acids is 1. The molecule has 0 fully saturated rings. The van der Waals surface area contributed by atoms with Crippen LogP contribution in [0.4, 0.5) is 5.69 Å². The lowest BCUT2D eigenvalue weighted by atomic mass is 10.1. The van der Waals surface area contributed by atoms with Crippen molar-refractivity contribution in [2.45, 2.75) is 20.5 Å². The van der Waals surface area contributed by atoms with E-state index >= 15 is 0 Å². The molecule has 3 aromatic carbocycles. The van der Waals surface area contributed by atoms with Gasteiger partial charge in [0, 0.05) is 20.7 Å². The van der Waals surface area contributed by atoms with Crippen molar-refractivity contribution in [3.63, 3.8) is 0 Å². The monoisotopic (exact) mass is 494 g/mol. The van der Waals surface area contributed by atoms with Crippen LogP contribution in [-0.2, 0) is 11.4 Å². The van der Waals surface area contributed by atoms with Gasteiger partial charge >= 0.3 is 0 Å². The number of benzene rings is 3. The number of ether oxygens (including phenoxy) is 1. The zero-order valence-electron chi connectivity index (χ0n) is 17.1. The van der Waals surface area contributed by atoms with Gasteiger partial charge in [-0.15, -0.1) is 0 Å². The summed E-state index contributed by atoms with van der Waals surface area (Å²) in [6, 6.07) is 20.5. The smallest absolute Gasteiger partial charge is 0.266 e. The molecule has 0 saturated heterocycles. The third-order valence-electron chi connectivity index (χ3n) is 4.80. The van der Waals surface area contributed by atoms with Crippen molar-refractivity contribution in [3.05, 3.63) is 98.0 Å². The molecule has 0 heterocycles. The minimum atomic E-state index is -0.491. The Morgan fingerprint density at radius 2 is 1.90 bits per heavy atom. The molecule has 0 radical (unpaired) electrons. The second kappa shape index (κ2) is 10.3. The van der Waals surface area contributed by atoms with E-state index < -0.39 is 5.91 Å². The third-order valence-corrected chi connectivity index (χ3v) is 5.56. The van der Waals surface area contributed by atoms with Gasteiger partial charge in [0.25, 0.3) is 5.91 Å². The number of anilines is 1. The number of amides is 1. The summed E-state index contributed by atoms with van der Waals surface area (Å²) in [7, 11) is 0. The predicted molar refractivity (Wildman–Crippen MR) is 128 cm³/mol. The molecule has 0 aliphatic heterocycles. The van der Waals surface area contributed by atoms with Gasteiger partial charge in [0.1, 0.15) is 24.0 Å². The van der Waals surface area contributed by atoms with Crippen molar-refractivity contribution in [1.82, 2.24) is 0 Å². The van der Waals surface area contributed by atoms with Crippen molar-refractivity contribution in [1.29, 1.82) is 5.26 Å². The molecular formula is C25H20BrClN2O2. The molecule has 0 spiro atoms. The van der Waals surface area contributed by atoms with Crippen LogP contribution in [0.3, 0.4) is 0 Å². The lowest BCUT2D eigenvalue weighted by Gasteiger charge is -2.12. The highest BCUT2D eigenvalue weighted by molar-refractivity contribution is 9.10. The van der Waals surface area contributed by atoms with Gasteiger partial charge in [-0.2, -0.15) is 5.26 Å². The normalized spacial score (nSPS) is 11.0. The van der Waals surface area contributed by atoms with Crippen LogP contribution in [0.15, 0.2) is 70.7 Å². The molecule has 0 saturated carbocycles. The number of nitrogens with one attached hydrogen (secondary N) is 1. The molecule has 0 aromatic heterocycles. The Morgan fingerprint density at radius 1 is 1.16 bits per heavy atom. The largest absolute Gasteiger partial charge is 0.488 e. The van der Waals surface area contributed by atoms with E-state index in [0.29, 0.717) is 28.6 Å². The van der Waals surface area contributed by atoms with Gasteiger partial charge in [-0.05, 0) is 73.0 Å². The molecule has 0 unspecified atom stereocenters. The van der Waals surface area contributed by atoms with E-state index in [1.807, 2.05) is 56.3 Å². The molecule has 0 atom stereocenters. The number of rotatable bonds is 6. The molecule has 1 amide bonds. The molecule has 3 aromatic rings. The summed E-state index contributed by atoms with van der Waals surface area (Å²) in [6.45, 7) is 4.23. The maximum Gasteiger partial charge on any atom is 0.266 e. The maximum atomic E-state index is 12.7. The summed E-state index contributed by atoms with van der Waals surface area (Å²) >= 11 is 9.56. The Bertz CT molecular complexity index is 1180. The molecule has 4 nitrogen and oxygen atoms in total. The van der Waals surface area contributed by atoms with Gasteiger partial charge in [-0.1, -0.05) is 51.8 Å². The van der Waals surface area contributed by atoms with Crippen LogP contribution >= 0.6 is 27.5 Å². The zero-order valence-corrected chi connectivity index (χ0v) is 19.4. The van der Waals surface area contributed by atoms with E-state index in [1.54, 1.807) is 24.3 Å². The predicted octanol–water partition coefficient (Wildman–Crippen LogP) is 6.84. The minimum absolute atomic E-state index is 0.0448. The summed E-state index contributed by atoms with van der Waals surface area (Å²) < 4.78 is 6.92. The van der Waals surface area contributed by atoms with Gasteiger partial charge in [0.15, 0.2) is 0 Å². The fourth-order valence-electron chi connectivity index (χ4n) is 2.89. The van der Waals surface area contributed by atoms with Crippen LogP contribution in [0.25, 0.3) is 6.08 Å². The Morgan fingerprint density at radius 3 is 2.61 bits per heavy atom. The highest BCUT2D eigenvalue weighted by Crippen LogP contribution is 2.27. The lowest BCUT2D eigenvalue weighted by Crippen LogP contribution is -2.14. The second-order valence-electron chi connectivity index (χ2n) is 6.97. The molecule has 0 aliphatic rings. The van der Waals surface area contributed by atoms with E-state index in [0.717, 1.165) is 21.2 Å². The molecule has 1 N–H and O–H groups in total. The van der Waals surface area contributed by atoms with Crippen LogP contribution in [0.2, 0.25) is 5.02 Å². The van der Waals surface area contributed by atoms with Crippen molar-refractivity contribution in [2.24, 2.45) is 0 Å². The van der Waals surface area contributed by atoms with Crippen LogP contribution in [-0.4, -0.2) is 5.91 Å². The zero-order chi connectivity index (χ0) is 22.4. The first kappa shape index (κ1) is 22.6. The molecule has 156 valence electrons. The number of nitrogens with zero attached hydrogens (tertiary/aromatic N) is 1. The van der Waals surface area contributed by atoms with Crippen LogP contribution in [0.1, 0.15) is 22.3 Å². The summed E-state index contributed by atoms with van der Waals surface area (Å²) in [4.78, 5) is 12.7. The number of carbonyl (C=O) groups is 1. The minimum Gasteiger partial charge on any atom is -0.488 e. The van der Waals surface area contributed by atoms with E-state index in [-0.39, 0.29) is 5.57 Å². The second-order valence-corrected chi connectivity index (χ2v) is 8.32. The highest BCUT2D eigenvalue weighted by Gasteiger charge is 2.13. The molecule has 6 heteroatoms. The fraction of sp³-hybridized carbons (Fsp3) is 0.120. The maximum absolute atomic E-state index is 12.7. The van der Waals surface area contributed by atoms with Crippen LogP contribution in [0.5, 0.6) is 5.75 Å². The van der Waals surface area contributed by atoms with Crippen molar-refractivity contribution < 1.29 is 9.53 Å². The van der Waals surface area contributed by atoms with Crippen molar-refractivity contribution >= 4 is 45.2 Å². The van der Waals surface area contributed by atoms with E-state index in [9.17, 15) is 10.1 Å². The number of aryl methyl sites for hydroxylation is 1. The molecular weight excluding hydrogens is 476 g/mol. The fourth-order valence-corrected chi connectivity index (χ4v) is 3.33. The Labute approximate surface area is 195 Å². The number of hydrogen-bond donors (Lipinski definition) is 1. The summed E-state index contributed by atoms with van der Waals surface area (Å²) in [5.41, 5.74) is 4.17. The Hall–Kier alpha value is -3.07. The van der Waals surface area contributed by atoms with E-state index in [1.165, 1.54) is 6.08 Å². The SMILES string of the molecule is Cc1cccc(NC(=O)/C(C#N)=C/c2cc(Cl)ccc2OCc2ccc(Br)cc2)c1C. The number of halogens is 2. The molecule has 0 bridgehead atoms. The summed E-state index contributed by atoms with van der Waals surface area (Å²) in [5.74, 6) is 0.0367. The van der Waals surface area contributed by atoms with Gasteiger partial charge in [0.05, 0.1) is 0 Å². The summed E-state index contributed by atoms with van der Waals surface area (Å²) in [6.07, 6.45) is 1.49. The van der Waals surface area contributed by atoms with Crippen molar-refractivity contribution in [2.75, 3.05) is 5.32 Å². The first-order valence-electron chi connectivity index (χ1n) is 9.53. The van der Waals surface area contributed by atoms with Crippen LogP contribution in [0, 0.1) is 25.2 Å². The Kier molecular flexibility index (Phi) is 7.51. The van der Waals surface area contributed by atoms with Gasteiger partial charge < -0.3 is 10.1 Å². The average molecular weight is 496 g/mol.